The third-order valence-corrected chi connectivity index (χ3v) is 6.00. The standard InChI is InChI=1S/C7H18ClNSi/c1-7(2)10(8)6-5-9(3)4/h7,10H,5-6H2,1-4H3. The smallest absolute Gasteiger partial charge is 0.144 e. The third-order valence-electron chi connectivity index (χ3n) is 1.58. The van der Waals surface area contributed by atoms with Gasteiger partial charge in [-0.3, -0.25) is 0 Å². The quantitative estimate of drug-likeness (QED) is 0.471. The largest absolute Gasteiger partial charge is 0.310 e. The summed E-state index contributed by atoms with van der Waals surface area (Å²) < 4.78 is 0. The Morgan fingerprint density at radius 3 is 2.20 bits per heavy atom. The molecule has 0 heterocycles. The summed E-state index contributed by atoms with van der Waals surface area (Å²) in [5.74, 6) is 0. The molecule has 0 fully saturated rings. The van der Waals surface area contributed by atoms with Crippen LogP contribution in [0, 0.1) is 0 Å². The Hall–Kier alpha value is 0.467. The molecule has 0 aliphatic carbocycles. The normalized spacial score (nSPS) is 14.7. The molecular formula is C7H18ClNSi. The highest BCUT2D eigenvalue weighted by atomic mass is 35.6. The highest BCUT2D eigenvalue weighted by Crippen LogP contribution is 2.14. The molecule has 0 rings (SSSR count). The Labute approximate surface area is 70.7 Å². The van der Waals surface area contributed by atoms with Crippen LogP contribution in [0.2, 0.25) is 11.6 Å². The number of hydrogen-bond acceptors (Lipinski definition) is 1. The van der Waals surface area contributed by atoms with Crippen LogP contribution in [0.1, 0.15) is 13.8 Å². The van der Waals surface area contributed by atoms with Gasteiger partial charge >= 0.3 is 0 Å². The molecule has 0 aromatic carbocycles. The summed E-state index contributed by atoms with van der Waals surface area (Å²) in [6, 6.07) is 1.23. The molecule has 62 valence electrons. The first-order valence-electron chi connectivity index (χ1n) is 3.83. The van der Waals surface area contributed by atoms with Gasteiger partial charge in [0.1, 0.15) is 8.11 Å². The minimum Gasteiger partial charge on any atom is -0.310 e. The van der Waals surface area contributed by atoms with Crippen molar-refractivity contribution in [1.82, 2.24) is 4.90 Å². The number of rotatable bonds is 4. The molecule has 1 nitrogen and oxygen atoms in total. The summed E-state index contributed by atoms with van der Waals surface area (Å²) in [5, 5.41) is 0. The van der Waals surface area contributed by atoms with Crippen LogP contribution in [0.4, 0.5) is 0 Å². The van der Waals surface area contributed by atoms with E-state index in [1.807, 2.05) is 0 Å². The maximum atomic E-state index is 6.17. The maximum Gasteiger partial charge on any atom is 0.144 e. The van der Waals surface area contributed by atoms with Crippen molar-refractivity contribution in [2.24, 2.45) is 0 Å². The first kappa shape index (κ1) is 10.5. The van der Waals surface area contributed by atoms with E-state index in [0.29, 0.717) is 0 Å². The fourth-order valence-electron chi connectivity index (χ4n) is 0.715. The van der Waals surface area contributed by atoms with Gasteiger partial charge in [0.2, 0.25) is 0 Å². The molecule has 1 atom stereocenters. The van der Waals surface area contributed by atoms with E-state index < -0.39 is 8.11 Å². The Bertz CT molecular complexity index is 85.7. The van der Waals surface area contributed by atoms with Crippen LogP contribution < -0.4 is 0 Å². The van der Waals surface area contributed by atoms with E-state index in [4.69, 9.17) is 11.1 Å². The van der Waals surface area contributed by atoms with E-state index in [1.165, 1.54) is 6.04 Å². The van der Waals surface area contributed by atoms with Gasteiger partial charge in [0, 0.05) is 0 Å². The summed E-state index contributed by atoms with van der Waals surface area (Å²) in [4.78, 5) is 2.20. The molecule has 0 radical (unpaired) electrons. The monoisotopic (exact) mass is 179 g/mol. The van der Waals surface area contributed by atoms with Crippen LogP contribution in [0.15, 0.2) is 0 Å². The van der Waals surface area contributed by atoms with Gasteiger partial charge in [0.15, 0.2) is 0 Å². The Balaban J connectivity index is 3.30. The van der Waals surface area contributed by atoms with Crippen molar-refractivity contribution < 1.29 is 0 Å². The number of halogens is 1. The van der Waals surface area contributed by atoms with E-state index >= 15 is 0 Å². The molecule has 0 amide bonds. The molecule has 0 aromatic rings. The van der Waals surface area contributed by atoms with Gasteiger partial charge in [-0.25, -0.2) is 0 Å². The summed E-state index contributed by atoms with van der Waals surface area (Å²) in [6.07, 6.45) is 0. The SMILES string of the molecule is CC(C)[SiH](Cl)CCN(C)C. The Kier molecular flexibility index (Phi) is 5.40. The van der Waals surface area contributed by atoms with Crippen molar-refractivity contribution in [3.8, 4) is 0 Å². The minimum absolute atomic E-state index is 0.738. The Morgan fingerprint density at radius 1 is 1.40 bits per heavy atom. The van der Waals surface area contributed by atoms with E-state index in [2.05, 4.69) is 32.8 Å². The van der Waals surface area contributed by atoms with Crippen molar-refractivity contribution in [3.63, 3.8) is 0 Å². The molecule has 0 aromatic heterocycles. The lowest BCUT2D eigenvalue weighted by atomic mass is 10.6. The summed E-state index contributed by atoms with van der Waals surface area (Å²) in [6.45, 7) is 5.59. The highest BCUT2D eigenvalue weighted by molar-refractivity contribution is 7.07. The predicted octanol–water partition coefficient (Wildman–Crippen LogP) is 1.92. The number of nitrogens with zero attached hydrogens (tertiary/aromatic N) is 1. The van der Waals surface area contributed by atoms with Crippen LogP contribution in [-0.2, 0) is 0 Å². The van der Waals surface area contributed by atoms with Crippen molar-refractivity contribution in [2.45, 2.75) is 25.4 Å². The predicted molar refractivity (Wildman–Crippen MR) is 51.5 cm³/mol. The van der Waals surface area contributed by atoms with E-state index in [0.717, 1.165) is 12.1 Å². The fourth-order valence-corrected chi connectivity index (χ4v) is 2.44. The van der Waals surface area contributed by atoms with Crippen LogP contribution in [0.5, 0.6) is 0 Å². The van der Waals surface area contributed by atoms with Crippen molar-refractivity contribution in [2.75, 3.05) is 20.6 Å². The zero-order valence-corrected chi connectivity index (χ0v) is 9.30. The summed E-state index contributed by atoms with van der Waals surface area (Å²) in [7, 11) is 3.29. The molecule has 0 spiro atoms. The van der Waals surface area contributed by atoms with Gasteiger partial charge in [0.05, 0.1) is 0 Å². The molecule has 0 aliphatic rings. The molecule has 10 heavy (non-hydrogen) atoms. The van der Waals surface area contributed by atoms with Gasteiger partial charge in [-0.05, 0) is 32.2 Å². The molecule has 0 N–H and O–H groups in total. The van der Waals surface area contributed by atoms with Gasteiger partial charge in [-0.2, -0.15) is 11.1 Å². The van der Waals surface area contributed by atoms with E-state index in [1.54, 1.807) is 0 Å². The van der Waals surface area contributed by atoms with Gasteiger partial charge < -0.3 is 4.90 Å². The van der Waals surface area contributed by atoms with E-state index in [-0.39, 0.29) is 0 Å². The topological polar surface area (TPSA) is 3.24 Å². The average Bonchev–Trinajstić information content (AvgIpc) is 1.82. The lowest BCUT2D eigenvalue weighted by Crippen LogP contribution is -2.19. The van der Waals surface area contributed by atoms with Gasteiger partial charge in [-0.1, -0.05) is 13.8 Å². The third kappa shape index (κ3) is 5.27. The second-order valence-electron chi connectivity index (χ2n) is 3.35. The summed E-state index contributed by atoms with van der Waals surface area (Å²) in [5.41, 5.74) is 0.738. The van der Waals surface area contributed by atoms with Crippen LogP contribution in [0.25, 0.3) is 0 Å². The van der Waals surface area contributed by atoms with Gasteiger partial charge in [-0.15, -0.1) is 0 Å². The zero-order chi connectivity index (χ0) is 8.15. The molecule has 0 bridgehead atoms. The van der Waals surface area contributed by atoms with Crippen molar-refractivity contribution in [1.29, 1.82) is 0 Å². The maximum absolute atomic E-state index is 6.17. The average molecular weight is 180 g/mol. The minimum atomic E-state index is -0.901. The highest BCUT2D eigenvalue weighted by Gasteiger charge is 2.11. The fraction of sp³-hybridized carbons (Fsp3) is 1.00. The first-order valence-corrected chi connectivity index (χ1v) is 7.05. The van der Waals surface area contributed by atoms with E-state index in [9.17, 15) is 0 Å². The lowest BCUT2D eigenvalue weighted by molar-refractivity contribution is 0.432. The molecule has 0 aliphatic heterocycles. The second-order valence-corrected chi connectivity index (χ2v) is 7.98. The summed E-state index contributed by atoms with van der Waals surface area (Å²) >= 11 is 6.17. The number of hydrogen-bond donors (Lipinski definition) is 0. The van der Waals surface area contributed by atoms with Crippen LogP contribution >= 0.6 is 11.1 Å². The molecular weight excluding hydrogens is 162 g/mol. The van der Waals surface area contributed by atoms with Crippen molar-refractivity contribution in [3.05, 3.63) is 0 Å². The molecule has 1 unspecified atom stereocenters. The van der Waals surface area contributed by atoms with Crippen LogP contribution in [0.3, 0.4) is 0 Å². The molecule has 3 heteroatoms. The first-order chi connectivity index (χ1) is 4.54. The molecule has 0 saturated heterocycles. The Morgan fingerprint density at radius 2 is 1.90 bits per heavy atom. The zero-order valence-electron chi connectivity index (χ0n) is 7.39. The molecule has 0 saturated carbocycles. The van der Waals surface area contributed by atoms with Crippen molar-refractivity contribution >= 4 is 19.2 Å². The lowest BCUT2D eigenvalue weighted by Gasteiger charge is -2.14. The second kappa shape index (κ2) is 5.16. The van der Waals surface area contributed by atoms with Gasteiger partial charge in [0.25, 0.3) is 0 Å². The van der Waals surface area contributed by atoms with Crippen LogP contribution in [-0.4, -0.2) is 33.6 Å².